The maximum atomic E-state index is 11.8. The van der Waals surface area contributed by atoms with Crippen molar-refractivity contribution in [3.8, 4) is 67.5 Å². The number of nitrogens with zero attached hydrogens (tertiary/aromatic N) is 3. The zero-order chi connectivity index (χ0) is 53.7. The van der Waals surface area contributed by atoms with E-state index in [1.165, 1.54) is 6.20 Å². The molecular weight excluding hydrogens is 950 g/mol. The molecule has 6 aromatic carbocycles. The quantitative estimate of drug-likeness (QED) is 0.154. The van der Waals surface area contributed by atoms with E-state index in [0.717, 1.165) is 27.8 Å². The van der Waals surface area contributed by atoms with E-state index >= 15 is 0 Å². The number of rotatable bonds is 8. The minimum atomic E-state index is -2.86. The number of aromatic nitrogens is 3. The molecule has 0 atom stereocenters. The molecule has 0 spiro atoms. The number of aryl methyl sites for hydroxylation is 1. The molecule has 0 fully saturated rings. The number of pyridine rings is 1. The van der Waals surface area contributed by atoms with E-state index in [1.54, 1.807) is 30.3 Å². The molecular formula is C58H60N3OPt-. The van der Waals surface area contributed by atoms with Crippen LogP contribution in [0.4, 0.5) is 0 Å². The topological polar surface area (TPSA) is 50.9 Å². The first-order chi connectivity index (χ1) is 33.7. The number of fused-ring (bicyclic) bond motifs is 1. The Morgan fingerprint density at radius 3 is 2.08 bits per heavy atom. The smallest absolute Gasteiger partial charge is 0.148 e. The van der Waals surface area contributed by atoms with Gasteiger partial charge in [0.25, 0.3) is 0 Å². The molecule has 5 heteroatoms. The van der Waals surface area contributed by atoms with E-state index in [4.69, 9.17) is 25.0 Å². The molecule has 0 aliphatic rings. The fourth-order valence-corrected chi connectivity index (χ4v) is 7.75. The van der Waals surface area contributed by atoms with Gasteiger partial charge in [0.2, 0.25) is 0 Å². The molecule has 0 aliphatic heterocycles. The predicted octanol–water partition coefficient (Wildman–Crippen LogP) is 15.7. The first-order valence-corrected chi connectivity index (χ1v) is 21.1. The molecule has 0 saturated carbocycles. The van der Waals surface area contributed by atoms with Crippen LogP contribution in [0.5, 0.6) is 5.75 Å². The van der Waals surface area contributed by atoms with Crippen LogP contribution in [0, 0.1) is 19.8 Å². The van der Waals surface area contributed by atoms with Gasteiger partial charge in [-0.1, -0.05) is 159 Å². The zero-order valence-corrected chi connectivity index (χ0v) is 39.8. The summed E-state index contributed by atoms with van der Waals surface area (Å²) in [4.78, 5) is 10.0. The Hall–Kier alpha value is -5.57. The van der Waals surface area contributed by atoms with Crippen molar-refractivity contribution < 1.29 is 41.3 Å². The Kier molecular flexibility index (Phi) is 9.19. The van der Waals surface area contributed by atoms with Gasteiger partial charge in [0.05, 0.1) is 27.8 Å². The Morgan fingerprint density at radius 2 is 1.40 bits per heavy atom. The molecule has 8 aromatic rings. The maximum Gasteiger partial charge on any atom is 0.148 e. The molecule has 63 heavy (non-hydrogen) atoms. The van der Waals surface area contributed by atoms with Crippen molar-refractivity contribution in [3.63, 3.8) is 0 Å². The Labute approximate surface area is 405 Å². The number of hydrogen-bond acceptors (Lipinski definition) is 3. The zero-order valence-electron chi connectivity index (χ0n) is 48.5. The molecule has 4 nitrogen and oxygen atoms in total. The number of phenols is 1. The average molecular weight is 1020 g/mol. The third-order valence-corrected chi connectivity index (χ3v) is 11.5. The molecule has 0 unspecified atom stereocenters. The van der Waals surface area contributed by atoms with E-state index < -0.39 is 54.7 Å². The van der Waals surface area contributed by atoms with Crippen molar-refractivity contribution >= 4 is 11.0 Å². The van der Waals surface area contributed by atoms with Gasteiger partial charge < -0.3 is 5.11 Å². The monoisotopic (exact) mass is 1020 g/mol. The summed E-state index contributed by atoms with van der Waals surface area (Å²) in [6.45, 7) is 14.8. The van der Waals surface area contributed by atoms with E-state index in [2.05, 4.69) is 67.5 Å². The summed E-state index contributed by atoms with van der Waals surface area (Å²) < 4.78 is 96.3. The van der Waals surface area contributed by atoms with E-state index in [-0.39, 0.29) is 49.3 Å². The summed E-state index contributed by atoms with van der Waals surface area (Å²) in [6, 6.07) is 31.1. The molecule has 8 rings (SSSR count). The summed E-state index contributed by atoms with van der Waals surface area (Å²) in [6.07, 6.45) is 1.50. The fourth-order valence-electron chi connectivity index (χ4n) is 7.75. The van der Waals surface area contributed by atoms with Crippen molar-refractivity contribution in [1.82, 2.24) is 14.5 Å². The third-order valence-electron chi connectivity index (χ3n) is 11.5. The second-order valence-corrected chi connectivity index (χ2v) is 18.8. The van der Waals surface area contributed by atoms with Crippen molar-refractivity contribution in [1.29, 1.82) is 0 Å². The van der Waals surface area contributed by atoms with Crippen LogP contribution < -0.4 is 0 Å². The van der Waals surface area contributed by atoms with Crippen LogP contribution >= 0.6 is 0 Å². The van der Waals surface area contributed by atoms with Crippen LogP contribution in [0.25, 0.3) is 72.7 Å². The summed E-state index contributed by atoms with van der Waals surface area (Å²) in [5.74, 6) is -0.474. The van der Waals surface area contributed by atoms with Crippen LogP contribution in [-0.2, 0) is 31.9 Å². The number of hydrogen-bond donors (Lipinski definition) is 1. The van der Waals surface area contributed by atoms with Gasteiger partial charge in [-0.25, -0.2) is 4.98 Å². The second-order valence-electron chi connectivity index (χ2n) is 18.8. The van der Waals surface area contributed by atoms with Crippen molar-refractivity contribution in [3.05, 3.63) is 167 Å². The van der Waals surface area contributed by atoms with Gasteiger partial charge in [0.15, 0.2) is 0 Å². The Balaban J connectivity index is 0.00000800. The van der Waals surface area contributed by atoms with Crippen LogP contribution in [0.1, 0.15) is 130 Å². The van der Waals surface area contributed by atoms with E-state index in [0.29, 0.717) is 61.6 Å². The Bertz CT molecular complexity index is 3450. The fraction of sp³-hybridized carbons (Fsp3) is 0.276. The molecule has 0 saturated heterocycles. The average Bonchev–Trinajstić information content (AvgIpc) is 3.68. The number of aromatic hydroxyl groups is 1. The number of benzene rings is 6. The predicted molar refractivity (Wildman–Crippen MR) is 262 cm³/mol. The van der Waals surface area contributed by atoms with Gasteiger partial charge in [-0.2, -0.15) is 0 Å². The van der Waals surface area contributed by atoms with Crippen LogP contribution in [0.2, 0.25) is 0 Å². The second kappa shape index (κ2) is 17.5. The minimum absolute atomic E-state index is 0. The largest absolute Gasteiger partial charge is 0.507 e. The first kappa shape index (κ1) is 33.0. The molecule has 0 amide bonds. The van der Waals surface area contributed by atoms with Gasteiger partial charge in [0.1, 0.15) is 11.6 Å². The molecule has 1 N–H and O–H groups in total. The van der Waals surface area contributed by atoms with Crippen LogP contribution in [-0.4, -0.2) is 19.6 Å². The molecule has 0 aliphatic carbocycles. The van der Waals surface area contributed by atoms with Crippen LogP contribution in [0.3, 0.4) is 0 Å². The summed E-state index contributed by atoms with van der Waals surface area (Å²) in [5.41, 5.74) is 8.11. The molecule has 2 heterocycles. The van der Waals surface area contributed by atoms with E-state index in [1.807, 2.05) is 79.1 Å². The van der Waals surface area contributed by atoms with Gasteiger partial charge in [-0.3, -0.25) is 9.55 Å². The normalized spacial score (nSPS) is 15.1. The summed E-state index contributed by atoms with van der Waals surface area (Å²) >= 11 is 0. The third kappa shape index (κ3) is 9.25. The van der Waals surface area contributed by atoms with Crippen molar-refractivity contribution in [2.45, 2.75) is 106 Å². The summed E-state index contributed by atoms with van der Waals surface area (Å²) in [7, 11) is 0. The maximum absolute atomic E-state index is 11.8. The first-order valence-electron chi connectivity index (χ1n) is 26.6. The SMILES string of the molecule is [2H]c1c([2H])c(C([2H])([2H])[2H])c([2H])c([2H])c1-c1ccnc(-c2[c-]c(-c3cccc4c3nc(-c3cc(C(C)(C)C)ccc3O)n4-c3ccc(-c4cc(C(C)C)cc(C([2H])(C)C)c4)cc3C([2H])([2H])[2H])cc(C(C)(C)C)c2)c1.[Pt]. The number of imidazole rings is 1. The summed E-state index contributed by atoms with van der Waals surface area (Å²) in [5, 5.41) is 11.8. The van der Waals surface area contributed by atoms with Crippen molar-refractivity contribution in [2.75, 3.05) is 0 Å². The molecule has 2 aromatic heterocycles. The van der Waals surface area contributed by atoms with Gasteiger partial charge in [-0.15, -0.1) is 29.3 Å². The Morgan fingerprint density at radius 1 is 0.683 bits per heavy atom. The minimum Gasteiger partial charge on any atom is -0.507 e. The van der Waals surface area contributed by atoms with Gasteiger partial charge >= 0.3 is 0 Å². The van der Waals surface area contributed by atoms with E-state index in [9.17, 15) is 5.11 Å². The molecule has 0 radical (unpaired) electrons. The standard InChI is InChI=1S/C58H60N3O.Pt/c1-35(2)42-27-43(36(3)4)29-44(28-42)40-20-22-52(38(6)26-40)61-53-15-13-14-49(55(53)60-56(61)50-34-47(57(7,8)9)21-23-54(50)62)45-30-46(32-48(31-45)58(10,11)12)51-33-41(24-25-59-51)39-18-16-37(5)17-19-39;/h13-29,31-36,62H,1-12H3;/q-1;/i5D3,6D3,16D,17D,18D,19D,35D;. The molecule has 0 bridgehead atoms. The van der Waals surface area contributed by atoms with Crippen molar-refractivity contribution in [2.24, 2.45) is 0 Å². The number of para-hydroxylation sites is 1. The number of phenolic OH excluding ortho intramolecular Hbond substituents is 1. The van der Waals surface area contributed by atoms with Gasteiger partial charge in [-0.05, 0) is 117 Å². The molecule has 324 valence electrons. The van der Waals surface area contributed by atoms with Crippen LogP contribution in [0.15, 0.2) is 127 Å². The van der Waals surface area contributed by atoms with Gasteiger partial charge in [0, 0.05) is 42.6 Å².